The van der Waals surface area contributed by atoms with Gasteiger partial charge in [-0.15, -0.1) is 0 Å². The Morgan fingerprint density at radius 1 is 0.667 bits per heavy atom. The van der Waals surface area contributed by atoms with Gasteiger partial charge in [-0.05, 0) is 38.1 Å². The van der Waals surface area contributed by atoms with Crippen molar-refractivity contribution in [2.45, 2.75) is 13.8 Å². The fraction of sp³-hybridized carbons (Fsp3) is 0.111. The zero-order valence-electron chi connectivity index (χ0n) is 15.1. The predicted octanol–water partition coefficient (Wildman–Crippen LogP) is 3.38. The second kappa shape index (κ2) is 12.2. The van der Waals surface area contributed by atoms with Crippen molar-refractivity contribution < 1.29 is 19.5 Å². The van der Waals surface area contributed by atoms with Gasteiger partial charge in [0, 0.05) is 10.3 Å². The maximum absolute atomic E-state index is 5.14. The molecular weight excluding hydrogens is 430 g/mol. The molecule has 0 aliphatic carbocycles. The van der Waals surface area contributed by atoms with Gasteiger partial charge in [0.25, 0.3) is 0 Å². The van der Waals surface area contributed by atoms with Crippen molar-refractivity contribution in [1.82, 2.24) is 10.9 Å². The summed E-state index contributed by atoms with van der Waals surface area (Å²) in [7, 11) is 0. The van der Waals surface area contributed by atoms with Gasteiger partial charge in [0.05, 0.1) is 22.8 Å². The molecule has 9 heteroatoms. The van der Waals surface area contributed by atoms with E-state index in [1.54, 1.807) is 13.8 Å². The van der Waals surface area contributed by atoms with E-state index in [-0.39, 0.29) is 29.8 Å². The molecule has 2 N–H and O–H groups in total. The second-order valence-corrected chi connectivity index (χ2v) is 5.90. The van der Waals surface area contributed by atoms with Gasteiger partial charge in [-0.25, -0.2) is 0 Å². The standard InChI is InChI=1S/C18H20N6S2.Zn/c1-13(21-23-17(25)19-15-9-5-3-6-10-15)14(2)22-24-18(26)20-16-11-7-4-8-12-16;/h3-12H,1-2H3,(H2,19,23,25)(H2,20,24,26);/q;+2/p-2/b21-13+,22-14+;. The molecule has 0 spiro atoms. The molecule has 6 nitrogen and oxygen atoms in total. The summed E-state index contributed by atoms with van der Waals surface area (Å²) in [5.41, 5.74) is 8.27. The molecule has 0 saturated carbocycles. The zero-order chi connectivity index (χ0) is 18.8. The molecule has 0 unspecified atom stereocenters. The maximum Gasteiger partial charge on any atom is 2.00 e. The van der Waals surface area contributed by atoms with Crippen molar-refractivity contribution in [2.24, 2.45) is 20.2 Å². The molecule has 0 saturated heterocycles. The minimum Gasteiger partial charge on any atom is -0.741 e. The van der Waals surface area contributed by atoms with Crippen LogP contribution in [-0.4, -0.2) is 21.8 Å². The van der Waals surface area contributed by atoms with Gasteiger partial charge in [-0.1, -0.05) is 36.4 Å². The number of hydrazone groups is 2. The molecule has 2 aromatic carbocycles. The maximum atomic E-state index is 5.14. The van der Waals surface area contributed by atoms with Gasteiger partial charge >= 0.3 is 19.5 Å². The number of aliphatic imine (C=N–C) groups is 2. The first-order valence-electron chi connectivity index (χ1n) is 7.77. The Labute approximate surface area is 182 Å². The molecule has 0 heterocycles. The fourth-order valence-electron chi connectivity index (χ4n) is 1.71. The Hall–Kier alpha value is -2.22. The quantitative estimate of drug-likeness (QED) is 0.242. The molecule has 0 radical (unpaired) electrons. The molecule has 0 aliphatic heterocycles. The summed E-state index contributed by atoms with van der Waals surface area (Å²) in [5, 5.41) is 8.88. The van der Waals surface area contributed by atoms with Crippen molar-refractivity contribution >= 4 is 58.4 Å². The molecule has 0 aromatic heterocycles. The molecule has 27 heavy (non-hydrogen) atoms. The first-order chi connectivity index (χ1) is 12.5. The first-order valence-corrected chi connectivity index (χ1v) is 8.58. The average molecular weight is 448 g/mol. The Morgan fingerprint density at radius 2 is 1.00 bits per heavy atom. The summed E-state index contributed by atoms with van der Waals surface area (Å²) in [5.74, 6) is 0. The summed E-state index contributed by atoms with van der Waals surface area (Å²) in [6.07, 6.45) is 0. The van der Waals surface area contributed by atoms with Crippen LogP contribution >= 0.6 is 0 Å². The van der Waals surface area contributed by atoms with Gasteiger partial charge in [0.2, 0.25) is 0 Å². The minimum atomic E-state index is 0. The summed E-state index contributed by atoms with van der Waals surface area (Å²) in [6, 6.07) is 18.8. The predicted molar refractivity (Wildman–Crippen MR) is 114 cm³/mol. The van der Waals surface area contributed by atoms with E-state index in [1.807, 2.05) is 60.7 Å². The van der Waals surface area contributed by atoms with E-state index in [2.05, 4.69) is 31.0 Å². The Bertz CT molecular complexity index is 764. The number of nitrogens with one attached hydrogen (secondary N) is 2. The summed E-state index contributed by atoms with van der Waals surface area (Å²) in [6.45, 7) is 3.60. The largest absolute Gasteiger partial charge is 2.00 e. The van der Waals surface area contributed by atoms with Crippen molar-refractivity contribution in [1.29, 1.82) is 0 Å². The fourth-order valence-corrected chi connectivity index (χ4v) is 2.02. The van der Waals surface area contributed by atoms with Crippen LogP contribution in [0, 0.1) is 0 Å². The molecule has 2 rings (SSSR count). The van der Waals surface area contributed by atoms with Crippen LogP contribution < -0.4 is 10.9 Å². The smallest absolute Gasteiger partial charge is 0.741 e. The van der Waals surface area contributed by atoms with Gasteiger partial charge < -0.3 is 25.3 Å². The third kappa shape index (κ3) is 8.81. The number of para-hydroxylation sites is 2. The normalized spacial score (nSPS) is 13.0. The molecule has 0 aliphatic rings. The van der Waals surface area contributed by atoms with Crippen molar-refractivity contribution in [2.75, 3.05) is 0 Å². The van der Waals surface area contributed by atoms with E-state index in [9.17, 15) is 0 Å². The van der Waals surface area contributed by atoms with Gasteiger partial charge in [0.1, 0.15) is 0 Å². The van der Waals surface area contributed by atoms with Crippen LogP contribution in [0.3, 0.4) is 0 Å². The monoisotopic (exact) mass is 446 g/mol. The zero-order valence-corrected chi connectivity index (χ0v) is 19.7. The topological polar surface area (TPSA) is 73.5 Å². The number of hydrogen-bond acceptors (Lipinski definition) is 6. The summed E-state index contributed by atoms with van der Waals surface area (Å²) >= 11 is 10.3. The molecular formula is C18H18N6S2Zn. The number of rotatable bonds is 5. The molecule has 0 bridgehead atoms. The van der Waals surface area contributed by atoms with Crippen LogP contribution in [0.5, 0.6) is 0 Å². The van der Waals surface area contributed by atoms with Gasteiger partial charge in [-0.2, -0.15) is 10.2 Å². The molecule has 2 aromatic rings. The third-order valence-electron chi connectivity index (χ3n) is 3.14. The van der Waals surface area contributed by atoms with E-state index in [0.29, 0.717) is 11.4 Å². The molecule has 0 amide bonds. The van der Waals surface area contributed by atoms with Crippen molar-refractivity contribution in [3.8, 4) is 0 Å². The molecule has 134 valence electrons. The second-order valence-electron chi connectivity index (χ2n) is 5.12. The Kier molecular flexibility index (Phi) is 10.3. The van der Waals surface area contributed by atoms with Gasteiger partial charge in [0.15, 0.2) is 0 Å². The van der Waals surface area contributed by atoms with Crippen molar-refractivity contribution in [3.63, 3.8) is 0 Å². The van der Waals surface area contributed by atoms with E-state index in [4.69, 9.17) is 25.3 Å². The number of benzene rings is 2. The molecule has 0 fully saturated rings. The SMILES string of the molecule is CC(=N\NC([S-])=Nc1ccccc1)/C(C)=N/NC([S-])=Nc1ccccc1.[Zn+2]. The van der Waals surface area contributed by atoms with Crippen LogP contribution in [0.2, 0.25) is 0 Å². The van der Waals surface area contributed by atoms with Gasteiger partial charge in [-0.3, -0.25) is 20.8 Å². The van der Waals surface area contributed by atoms with Crippen LogP contribution in [0.15, 0.2) is 80.9 Å². The Morgan fingerprint density at radius 3 is 1.33 bits per heavy atom. The van der Waals surface area contributed by atoms with Crippen LogP contribution in [0.25, 0.3) is 0 Å². The first kappa shape index (κ1) is 22.8. The summed E-state index contributed by atoms with van der Waals surface area (Å²) in [4.78, 5) is 8.47. The van der Waals surface area contributed by atoms with E-state index in [1.165, 1.54) is 0 Å². The number of amidine groups is 2. The van der Waals surface area contributed by atoms with Crippen molar-refractivity contribution in [3.05, 3.63) is 60.7 Å². The van der Waals surface area contributed by atoms with E-state index >= 15 is 0 Å². The molecule has 0 atom stereocenters. The Balaban J connectivity index is 0.00000364. The van der Waals surface area contributed by atoms with Crippen LogP contribution in [-0.2, 0) is 44.7 Å². The number of hydrogen-bond donors (Lipinski definition) is 2. The van der Waals surface area contributed by atoms with E-state index in [0.717, 1.165) is 11.4 Å². The number of nitrogens with zero attached hydrogens (tertiary/aromatic N) is 4. The van der Waals surface area contributed by atoms with Crippen LogP contribution in [0.1, 0.15) is 13.8 Å². The average Bonchev–Trinajstić information content (AvgIpc) is 2.65. The van der Waals surface area contributed by atoms with E-state index < -0.39 is 0 Å². The third-order valence-corrected chi connectivity index (χ3v) is 3.50. The minimum absolute atomic E-state index is 0. The summed E-state index contributed by atoms with van der Waals surface area (Å²) < 4.78 is 0. The van der Waals surface area contributed by atoms with Crippen LogP contribution in [0.4, 0.5) is 11.4 Å².